The molecule has 0 bridgehead atoms. The molecule has 5 nitrogen and oxygen atoms in total. The van der Waals surface area contributed by atoms with Gasteiger partial charge in [-0.25, -0.2) is 4.79 Å². The van der Waals surface area contributed by atoms with Gasteiger partial charge in [-0.15, -0.1) is 0 Å². The molecule has 6 heteroatoms. The summed E-state index contributed by atoms with van der Waals surface area (Å²) in [6.07, 6.45) is -0.572. The van der Waals surface area contributed by atoms with Gasteiger partial charge in [-0.05, 0) is 45.4 Å². The highest BCUT2D eigenvalue weighted by Crippen LogP contribution is 2.31. The summed E-state index contributed by atoms with van der Waals surface area (Å²) in [4.78, 5) is 25.8. The second kappa shape index (κ2) is 7.91. The first-order valence-electron chi connectivity index (χ1n) is 9.46. The van der Waals surface area contributed by atoms with E-state index in [1.54, 1.807) is 45.9 Å². The summed E-state index contributed by atoms with van der Waals surface area (Å²) >= 11 is 6.43. The molecule has 0 aliphatic carbocycles. The summed E-state index contributed by atoms with van der Waals surface area (Å²) in [5, 5.41) is 3.81. The zero-order valence-corrected chi connectivity index (χ0v) is 18.0. The van der Waals surface area contributed by atoms with Gasteiger partial charge in [0.05, 0.1) is 22.3 Å². The predicted octanol–water partition coefficient (Wildman–Crippen LogP) is 5.44. The number of pyridine rings is 1. The zero-order chi connectivity index (χ0) is 21.3. The highest BCUT2D eigenvalue weighted by Gasteiger charge is 2.25. The van der Waals surface area contributed by atoms with E-state index in [9.17, 15) is 9.59 Å². The van der Waals surface area contributed by atoms with Crippen molar-refractivity contribution in [1.29, 1.82) is 0 Å². The number of nitrogens with zero attached hydrogens (tertiary/aromatic N) is 1. The summed E-state index contributed by atoms with van der Waals surface area (Å²) in [6.45, 7) is 7.17. The number of hydrogen-bond acceptors (Lipinski definition) is 3. The molecule has 1 aromatic heterocycles. The Morgan fingerprint density at radius 1 is 1.10 bits per heavy atom. The van der Waals surface area contributed by atoms with Gasteiger partial charge in [-0.1, -0.05) is 48.0 Å². The maximum atomic E-state index is 13.5. The van der Waals surface area contributed by atoms with E-state index in [1.165, 1.54) is 0 Å². The van der Waals surface area contributed by atoms with Crippen LogP contribution < -0.4 is 10.7 Å². The molecule has 0 saturated heterocycles. The number of aryl methyl sites for hydroxylation is 1. The van der Waals surface area contributed by atoms with Crippen molar-refractivity contribution in [2.24, 2.45) is 7.05 Å². The summed E-state index contributed by atoms with van der Waals surface area (Å²) in [5.74, 6) is 0. The molecule has 0 aliphatic heterocycles. The summed E-state index contributed by atoms with van der Waals surface area (Å²) in [6, 6.07) is 14.3. The van der Waals surface area contributed by atoms with Crippen LogP contribution in [0.4, 0.5) is 4.79 Å². The molecule has 0 fully saturated rings. The van der Waals surface area contributed by atoms with Gasteiger partial charge in [0.25, 0.3) is 0 Å². The third-order valence-corrected chi connectivity index (χ3v) is 4.92. The minimum atomic E-state index is -0.631. The normalized spacial score (nSPS) is 12.6. The van der Waals surface area contributed by atoms with Crippen molar-refractivity contribution in [2.45, 2.75) is 39.3 Å². The van der Waals surface area contributed by atoms with E-state index in [0.29, 0.717) is 27.2 Å². The molecular weight excluding hydrogens is 388 g/mol. The number of rotatable bonds is 3. The molecule has 1 N–H and O–H groups in total. The first-order valence-corrected chi connectivity index (χ1v) is 9.84. The van der Waals surface area contributed by atoms with Crippen molar-refractivity contribution in [3.63, 3.8) is 0 Å². The molecule has 0 saturated carbocycles. The maximum absolute atomic E-state index is 13.5. The van der Waals surface area contributed by atoms with Gasteiger partial charge in [0, 0.05) is 18.0 Å². The lowest BCUT2D eigenvalue weighted by Crippen LogP contribution is -2.36. The van der Waals surface area contributed by atoms with Crippen molar-refractivity contribution >= 4 is 28.6 Å². The van der Waals surface area contributed by atoms with E-state index in [-0.39, 0.29) is 5.43 Å². The number of hydrogen-bond donors (Lipinski definition) is 1. The van der Waals surface area contributed by atoms with Crippen LogP contribution in [0.2, 0.25) is 5.02 Å². The molecule has 1 unspecified atom stereocenters. The van der Waals surface area contributed by atoms with E-state index in [2.05, 4.69) is 5.32 Å². The number of benzene rings is 2. The highest BCUT2D eigenvalue weighted by atomic mass is 35.5. The monoisotopic (exact) mass is 412 g/mol. The number of carbonyl (C=O) groups is 1. The van der Waals surface area contributed by atoms with Gasteiger partial charge in [-0.2, -0.15) is 0 Å². The Morgan fingerprint density at radius 2 is 1.76 bits per heavy atom. The zero-order valence-electron chi connectivity index (χ0n) is 17.2. The van der Waals surface area contributed by atoms with Crippen LogP contribution in [0, 0.1) is 0 Å². The number of nitrogens with one attached hydrogen (secondary N) is 1. The SMILES string of the molecule is CC(NC(=O)OC(C)(C)C)c1c(-c2ccccc2)n(C)c2c(Cl)cccc2c1=O. The van der Waals surface area contributed by atoms with Crippen molar-refractivity contribution in [3.8, 4) is 11.3 Å². The topological polar surface area (TPSA) is 60.3 Å². The average molecular weight is 413 g/mol. The Bertz CT molecular complexity index is 1110. The van der Waals surface area contributed by atoms with Gasteiger partial charge in [0.2, 0.25) is 0 Å². The number of halogens is 1. The van der Waals surface area contributed by atoms with E-state index >= 15 is 0 Å². The lowest BCUT2D eigenvalue weighted by atomic mass is 9.97. The van der Waals surface area contributed by atoms with Gasteiger partial charge in [0.1, 0.15) is 5.60 Å². The standard InChI is InChI=1S/C23H25ClN2O3/c1-14(25-22(28)29-23(2,3)4)18-19(15-10-7-6-8-11-15)26(5)20-16(21(18)27)12-9-13-17(20)24/h6-14H,1-5H3,(H,25,28). The maximum Gasteiger partial charge on any atom is 0.408 e. The lowest BCUT2D eigenvalue weighted by Gasteiger charge is -2.25. The number of carbonyl (C=O) groups excluding carboxylic acids is 1. The van der Waals surface area contributed by atoms with E-state index in [0.717, 1.165) is 5.56 Å². The minimum absolute atomic E-state index is 0.164. The minimum Gasteiger partial charge on any atom is -0.444 e. The van der Waals surface area contributed by atoms with Gasteiger partial charge < -0.3 is 14.6 Å². The van der Waals surface area contributed by atoms with E-state index in [1.807, 2.05) is 41.9 Å². The van der Waals surface area contributed by atoms with E-state index < -0.39 is 17.7 Å². The lowest BCUT2D eigenvalue weighted by molar-refractivity contribution is 0.0508. The number of alkyl carbamates (subject to hydrolysis) is 1. The molecule has 0 aliphatic rings. The summed E-state index contributed by atoms with van der Waals surface area (Å²) in [7, 11) is 1.87. The molecular formula is C23H25ClN2O3. The van der Waals surface area contributed by atoms with Crippen molar-refractivity contribution < 1.29 is 9.53 Å². The van der Waals surface area contributed by atoms with Crippen molar-refractivity contribution in [3.05, 3.63) is 69.3 Å². The first kappa shape index (κ1) is 20.9. The molecule has 1 amide bonds. The fourth-order valence-corrected chi connectivity index (χ4v) is 3.79. The molecule has 1 atom stereocenters. The van der Waals surface area contributed by atoms with Crippen LogP contribution in [-0.2, 0) is 11.8 Å². The van der Waals surface area contributed by atoms with Gasteiger partial charge >= 0.3 is 6.09 Å². The first-order chi connectivity index (χ1) is 13.6. The van der Waals surface area contributed by atoms with Gasteiger partial charge in [0.15, 0.2) is 5.43 Å². The van der Waals surface area contributed by atoms with Gasteiger partial charge in [-0.3, -0.25) is 4.79 Å². The Balaban J connectivity index is 2.24. The molecule has 0 spiro atoms. The number of amides is 1. The predicted molar refractivity (Wildman–Crippen MR) is 117 cm³/mol. The van der Waals surface area contributed by atoms with E-state index in [4.69, 9.17) is 16.3 Å². The molecule has 1 heterocycles. The van der Waals surface area contributed by atoms with Crippen molar-refractivity contribution in [2.75, 3.05) is 0 Å². The van der Waals surface area contributed by atoms with Crippen LogP contribution in [-0.4, -0.2) is 16.3 Å². The largest absolute Gasteiger partial charge is 0.444 e. The molecule has 29 heavy (non-hydrogen) atoms. The van der Waals surface area contributed by atoms with Crippen LogP contribution in [0.25, 0.3) is 22.2 Å². The number of ether oxygens (including phenoxy) is 1. The van der Waals surface area contributed by atoms with Crippen molar-refractivity contribution in [1.82, 2.24) is 9.88 Å². The second-order valence-electron chi connectivity index (χ2n) is 8.02. The number of para-hydroxylation sites is 1. The second-order valence-corrected chi connectivity index (χ2v) is 8.43. The van der Waals surface area contributed by atoms with Crippen LogP contribution >= 0.6 is 11.6 Å². The third kappa shape index (κ3) is 4.30. The molecule has 3 aromatic rings. The van der Waals surface area contributed by atoms with Crippen LogP contribution in [0.1, 0.15) is 39.3 Å². The fraction of sp³-hybridized carbons (Fsp3) is 0.304. The van der Waals surface area contributed by atoms with Crippen LogP contribution in [0.15, 0.2) is 53.3 Å². The summed E-state index contributed by atoms with van der Waals surface area (Å²) in [5.41, 5.74) is 1.92. The number of aromatic nitrogens is 1. The molecule has 3 rings (SSSR count). The Kier molecular flexibility index (Phi) is 5.71. The smallest absolute Gasteiger partial charge is 0.408 e. The molecule has 0 radical (unpaired) electrons. The summed E-state index contributed by atoms with van der Waals surface area (Å²) < 4.78 is 7.29. The fourth-order valence-electron chi connectivity index (χ4n) is 3.49. The Morgan fingerprint density at radius 3 is 2.38 bits per heavy atom. The molecule has 152 valence electrons. The average Bonchev–Trinajstić information content (AvgIpc) is 2.63. The Hall–Kier alpha value is -2.79. The molecule has 2 aromatic carbocycles. The highest BCUT2D eigenvalue weighted by molar-refractivity contribution is 6.35. The third-order valence-electron chi connectivity index (χ3n) is 4.62. The number of fused-ring (bicyclic) bond motifs is 1. The quantitative estimate of drug-likeness (QED) is 0.622. The van der Waals surface area contributed by atoms with Crippen LogP contribution in [0.5, 0.6) is 0 Å². The Labute approximate surface area is 175 Å². The van der Waals surface area contributed by atoms with Crippen LogP contribution in [0.3, 0.4) is 0 Å².